The number of hydrogen-bond donors (Lipinski definition) is 0. The summed E-state index contributed by atoms with van der Waals surface area (Å²) in [5.41, 5.74) is 0.570. The normalized spacial score (nSPS) is 26.9. The van der Waals surface area contributed by atoms with Gasteiger partial charge in [0.05, 0.1) is 0 Å². The van der Waals surface area contributed by atoms with Crippen LogP contribution in [0.2, 0.25) is 0 Å². The van der Waals surface area contributed by atoms with Crippen molar-refractivity contribution >= 4 is 21.8 Å². The van der Waals surface area contributed by atoms with Crippen molar-refractivity contribution in [2.24, 2.45) is 5.92 Å². The summed E-state index contributed by atoms with van der Waals surface area (Å²) in [6.07, 6.45) is 7.49. The fourth-order valence-electron chi connectivity index (χ4n) is 3.55. The maximum Gasteiger partial charge on any atom is 0.272 e. The minimum atomic E-state index is 0.109. The van der Waals surface area contributed by atoms with Crippen molar-refractivity contribution in [3.63, 3.8) is 0 Å². The number of nitrogens with zero attached hydrogens (tertiary/aromatic N) is 2. The summed E-state index contributed by atoms with van der Waals surface area (Å²) >= 11 is 3.34. The SMILES string of the molecule is O=C(c1cccc(Br)n1)N1CCCC2CCCCC21. The Hall–Kier alpha value is -0.900. The lowest BCUT2D eigenvalue weighted by atomic mass is 9.78. The molecule has 0 spiro atoms. The van der Waals surface area contributed by atoms with E-state index < -0.39 is 0 Å². The van der Waals surface area contributed by atoms with Gasteiger partial charge < -0.3 is 4.90 Å². The second-order valence-electron chi connectivity index (χ2n) is 5.60. The van der Waals surface area contributed by atoms with Gasteiger partial charge in [-0.1, -0.05) is 18.9 Å². The fourth-order valence-corrected chi connectivity index (χ4v) is 3.90. The monoisotopic (exact) mass is 322 g/mol. The van der Waals surface area contributed by atoms with Crippen LogP contribution < -0.4 is 0 Å². The van der Waals surface area contributed by atoms with Gasteiger partial charge in [0.25, 0.3) is 5.91 Å². The molecule has 2 unspecified atom stereocenters. The number of rotatable bonds is 1. The summed E-state index contributed by atoms with van der Waals surface area (Å²) in [5, 5.41) is 0. The molecule has 1 aliphatic carbocycles. The van der Waals surface area contributed by atoms with Crippen LogP contribution in [-0.2, 0) is 0 Å². The number of carbonyl (C=O) groups is 1. The smallest absolute Gasteiger partial charge is 0.272 e. The molecule has 0 aromatic carbocycles. The number of amides is 1. The molecule has 1 aromatic heterocycles. The highest BCUT2D eigenvalue weighted by Gasteiger charge is 2.36. The third-order valence-corrected chi connectivity index (χ3v) is 4.88. The van der Waals surface area contributed by atoms with Gasteiger partial charge in [0.2, 0.25) is 0 Å². The Kier molecular flexibility index (Phi) is 3.87. The molecule has 102 valence electrons. The zero-order chi connectivity index (χ0) is 13.2. The molecule has 2 fully saturated rings. The molecule has 1 amide bonds. The van der Waals surface area contributed by atoms with E-state index in [-0.39, 0.29) is 5.91 Å². The minimum absolute atomic E-state index is 0.109. The van der Waals surface area contributed by atoms with Crippen LogP contribution in [0.25, 0.3) is 0 Å². The number of carbonyl (C=O) groups excluding carboxylic acids is 1. The molecule has 0 bridgehead atoms. The van der Waals surface area contributed by atoms with E-state index >= 15 is 0 Å². The van der Waals surface area contributed by atoms with Gasteiger partial charge in [-0.2, -0.15) is 0 Å². The second-order valence-corrected chi connectivity index (χ2v) is 6.41. The maximum absolute atomic E-state index is 12.6. The van der Waals surface area contributed by atoms with Gasteiger partial charge in [0, 0.05) is 12.6 Å². The predicted molar refractivity (Wildman–Crippen MR) is 78.0 cm³/mol. The van der Waals surface area contributed by atoms with Crippen LogP contribution in [0.4, 0.5) is 0 Å². The van der Waals surface area contributed by atoms with Gasteiger partial charge in [-0.05, 0) is 59.7 Å². The highest BCUT2D eigenvalue weighted by molar-refractivity contribution is 9.10. The van der Waals surface area contributed by atoms with E-state index in [0.29, 0.717) is 11.7 Å². The predicted octanol–water partition coefficient (Wildman–Crippen LogP) is 3.64. The van der Waals surface area contributed by atoms with Gasteiger partial charge in [-0.25, -0.2) is 4.98 Å². The lowest BCUT2D eigenvalue weighted by molar-refractivity contribution is 0.0385. The topological polar surface area (TPSA) is 33.2 Å². The average Bonchev–Trinajstić information content (AvgIpc) is 2.46. The summed E-state index contributed by atoms with van der Waals surface area (Å²) in [4.78, 5) is 19.0. The first-order valence-electron chi connectivity index (χ1n) is 7.19. The first kappa shape index (κ1) is 13.1. The Balaban J connectivity index is 1.82. The molecule has 4 heteroatoms. The van der Waals surface area contributed by atoms with Crippen molar-refractivity contribution < 1.29 is 4.79 Å². The Morgan fingerprint density at radius 2 is 2.00 bits per heavy atom. The van der Waals surface area contributed by atoms with Crippen molar-refractivity contribution in [1.82, 2.24) is 9.88 Å². The van der Waals surface area contributed by atoms with Gasteiger partial charge in [-0.3, -0.25) is 4.79 Å². The number of likely N-dealkylation sites (tertiary alicyclic amines) is 1. The van der Waals surface area contributed by atoms with E-state index in [1.807, 2.05) is 18.2 Å². The average molecular weight is 323 g/mol. The fraction of sp³-hybridized carbons (Fsp3) is 0.600. The molecule has 1 aliphatic heterocycles. The lowest BCUT2D eigenvalue weighted by Crippen LogP contribution is -2.49. The largest absolute Gasteiger partial charge is 0.334 e. The van der Waals surface area contributed by atoms with Crippen LogP contribution in [0.15, 0.2) is 22.8 Å². The van der Waals surface area contributed by atoms with Crippen molar-refractivity contribution in [3.05, 3.63) is 28.5 Å². The number of piperidine rings is 1. The first-order chi connectivity index (χ1) is 9.25. The molecule has 1 aromatic rings. The number of fused-ring (bicyclic) bond motifs is 1. The second kappa shape index (κ2) is 5.61. The molecule has 1 saturated carbocycles. The molecule has 3 nitrogen and oxygen atoms in total. The van der Waals surface area contributed by atoms with Crippen LogP contribution in [-0.4, -0.2) is 28.4 Å². The lowest BCUT2D eigenvalue weighted by Gasteiger charge is -2.44. The van der Waals surface area contributed by atoms with Crippen molar-refractivity contribution in [3.8, 4) is 0 Å². The highest BCUT2D eigenvalue weighted by atomic mass is 79.9. The molecular formula is C15H19BrN2O. The van der Waals surface area contributed by atoms with Gasteiger partial charge in [0.15, 0.2) is 0 Å². The van der Waals surface area contributed by atoms with E-state index in [2.05, 4.69) is 25.8 Å². The van der Waals surface area contributed by atoms with Crippen LogP contribution in [0.5, 0.6) is 0 Å². The third kappa shape index (κ3) is 2.69. The van der Waals surface area contributed by atoms with Crippen LogP contribution in [0, 0.1) is 5.92 Å². The molecule has 19 heavy (non-hydrogen) atoms. The molecule has 1 saturated heterocycles. The van der Waals surface area contributed by atoms with Gasteiger partial charge >= 0.3 is 0 Å². The van der Waals surface area contributed by atoms with Crippen molar-refractivity contribution in [2.45, 2.75) is 44.6 Å². The van der Waals surface area contributed by atoms with Crippen molar-refractivity contribution in [1.29, 1.82) is 0 Å². The Morgan fingerprint density at radius 1 is 1.21 bits per heavy atom. The summed E-state index contributed by atoms with van der Waals surface area (Å²) in [5.74, 6) is 0.830. The Labute approximate surface area is 122 Å². The summed E-state index contributed by atoms with van der Waals surface area (Å²) < 4.78 is 0.732. The van der Waals surface area contributed by atoms with Gasteiger partial charge in [0.1, 0.15) is 10.3 Å². The van der Waals surface area contributed by atoms with Crippen LogP contribution in [0.1, 0.15) is 49.0 Å². The van der Waals surface area contributed by atoms with E-state index in [4.69, 9.17) is 0 Å². The quantitative estimate of drug-likeness (QED) is 0.739. The maximum atomic E-state index is 12.6. The molecule has 2 aliphatic rings. The molecule has 0 N–H and O–H groups in total. The molecule has 2 atom stereocenters. The summed E-state index contributed by atoms with van der Waals surface area (Å²) in [7, 11) is 0. The van der Waals surface area contributed by atoms with Crippen molar-refractivity contribution in [2.75, 3.05) is 6.54 Å². The number of halogens is 1. The van der Waals surface area contributed by atoms with E-state index in [9.17, 15) is 4.79 Å². The third-order valence-electron chi connectivity index (χ3n) is 4.44. The summed E-state index contributed by atoms with van der Waals surface area (Å²) in [6, 6.07) is 6.01. The van der Waals surface area contributed by atoms with E-state index in [1.165, 1.54) is 32.1 Å². The number of pyridine rings is 1. The first-order valence-corrected chi connectivity index (χ1v) is 7.98. The number of hydrogen-bond acceptors (Lipinski definition) is 2. The zero-order valence-electron chi connectivity index (χ0n) is 11.0. The van der Waals surface area contributed by atoms with Crippen LogP contribution >= 0.6 is 15.9 Å². The molecule has 3 rings (SSSR count). The molecule has 2 heterocycles. The Morgan fingerprint density at radius 3 is 2.84 bits per heavy atom. The highest BCUT2D eigenvalue weighted by Crippen LogP contribution is 2.35. The number of aromatic nitrogens is 1. The van der Waals surface area contributed by atoms with Crippen LogP contribution in [0.3, 0.4) is 0 Å². The van der Waals surface area contributed by atoms with E-state index in [0.717, 1.165) is 23.5 Å². The Bertz CT molecular complexity index is 475. The van der Waals surface area contributed by atoms with Gasteiger partial charge in [-0.15, -0.1) is 0 Å². The molecular weight excluding hydrogens is 304 g/mol. The molecule has 0 radical (unpaired) electrons. The summed E-state index contributed by atoms with van der Waals surface area (Å²) in [6.45, 7) is 0.897. The standard InChI is InChI=1S/C15H19BrN2O/c16-14-9-3-7-12(17-14)15(19)18-10-4-6-11-5-1-2-8-13(11)18/h3,7,9,11,13H,1-2,4-6,8,10H2. The van der Waals surface area contributed by atoms with E-state index in [1.54, 1.807) is 0 Å². The zero-order valence-corrected chi connectivity index (χ0v) is 12.6. The minimum Gasteiger partial charge on any atom is -0.334 e.